The molecule has 2 saturated heterocycles. The maximum atomic E-state index is 13.1. The van der Waals surface area contributed by atoms with Gasteiger partial charge in [-0.3, -0.25) is 10.1 Å². The summed E-state index contributed by atoms with van der Waals surface area (Å²) in [6.07, 6.45) is -0.469. The number of ether oxygens (including phenoxy) is 2. The van der Waals surface area contributed by atoms with Gasteiger partial charge >= 0.3 is 0 Å². The highest BCUT2D eigenvalue weighted by Gasteiger charge is 2.39. The smallest absolute Gasteiger partial charge is 0.282 e. The Morgan fingerprint density at radius 3 is 2.06 bits per heavy atom. The number of nitro groups is 1. The van der Waals surface area contributed by atoms with Gasteiger partial charge in [-0.25, -0.2) is 8.42 Å². The van der Waals surface area contributed by atoms with Gasteiger partial charge in [0.05, 0.1) is 24.2 Å². The van der Waals surface area contributed by atoms with Crippen LogP contribution in [0.1, 0.15) is 13.8 Å². The van der Waals surface area contributed by atoms with Gasteiger partial charge in [0.15, 0.2) is 0 Å². The van der Waals surface area contributed by atoms with Crippen molar-refractivity contribution in [3.63, 3.8) is 0 Å². The normalized spacial score (nSPS) is 24.7. The van der Waals surface area contributed by atoms with Gasteiger partial charge in [0.2, 0.25) is 10.0 Å². The van der Waals surface area contributed by atoms with Gasteiger partial charge in [-0.2, -0.15) is 21.3 Å². The van der Waals surface area contributed by atoms with Crippen molar-refractivity contribution in [3.8, 4) is 5.75 Å². The van der Waals surface area contributed by atoms with Gasteiger partial charge in [0, 0.05) is 51.4 Å². The van der Waals surface area contributed by atoms with Gasteiger partial charge in [0.25, 0.3) is 15.9 Å². The molecule has 1 aromatic rings. The van der Waals surface area contributed by atoms with E-state index < -0.39 is 25.2 Å². The molecule has 3 rings (SSSR count). The molecule has 0 bridgehead atoms. The predicted molar refractivity (Wildman–Crippen MR) is 110 cm³/mol. The molecule has 0 amide bonds. The molecule has 0 spiro atoms. The van der Waals surface area contributed by atoms with Gasteiger partial charge < -0.3 is 9.47 Å². The van der Waals surface area contributed by atoms with Gasteiger partial charge in [-0.1, -0.05) is 0 Å². The first-order chi connectivity index (χ1) is 14.5. The quantitative estimate of drug-likeness (QED) is 0.419. The van der Waals surface area contributed by atoms with Crippen molar-refractivity contribution in [2.45, 2.75) is 31.0 Å². The number of benzene rings is 1. The fourth-order valence-electron chi connectivity index (χ4n) is 3.74. The highest BCUT2D eigenvalue weighted by atomic mass is 32.2. The van der Waals surface area contributed by atoms with Crippen LogP contribution in [0.25, 0.3) is 0 Å². The monoisotopic (exact) mass is 478 g/mol. The fraction of sp³-hybridized carbons (Fsp3) is 0.647. The fourth-order valence-corrected chi connectivity index (χ4v) is 7.09. The highest BCUT2D eigenvalue weighted by molar-refractivity contribution is 7.89. The van der Waals surface area contributed by atoms with Crippen LogP contribution in [0.5, 0.6) is 5.75 Å². The number of sulfonamides is 1. The van der Waals surface area contributed by atoms with Crippen molar-refractivity contribution < 1.29 is 31.2 Å². The van der Waals surface area contributed by atoms with Crippen LogP contribution in [0.15, 0.2) is 23.1 Å². The Balaban J connectivity index is 1.77. The lowest BCUT2D eigenvalue weighted by atomic mass is 10.3. The van der Waals surface area contributed by atoms with Gasteiger partial charge in [-0.15, -0.1) is 0 Å². The summed E-state index contributed by atoms with van der Waals surface area (Å²) in [6.45, 7) is 3.85. The van der Waals surface area contributed by atoms with E-state index in [1.54, 1.807) is 13.8 Å². The zero-order valence-corrected chi connectivity index (χ0v) is 19.1. The van der Waals surface area contributed by atoms with Crippen LogP contribution in [0.2, 0.25) is 0 Å². The minimum absolute atomic E-state index is 0.0167. The zero-order valence-electron chi connectivity index (χ0n) is 17.5. The number of methoxy groups -OCH3 is 1. The lowest BCUT2D eigenvalue weighted by Gasteiger charge is -2.40. The molecule has 2 heterocycles. The van der Waals surface area contributed by atoms with E-state index >= 15 is 0 Å². The molecule has 174 valence electrons. The Bertz CT molecular complexity index is 1030. The van der Waals surface area contributed by atoms with Crippen molar-refractivity contribution in [2.75, 3.05) is 46.4 Å². The molecule has 0 saturated carbocycles. The van der Waals surface area contributed by atoms with E-state index in [1.807, 2.05) is 0 Å². The van der Waals surface area contributed by atoms with E-state index in [2.05, 4.69) is 0 Å². The Hall–Kier alpha value is -1.84. The summed E-state index contributed by atoms with van der Waals surface area (Å²) in [4.78, 5) is 10.1. The third-order valence-electron chi connectivity index (χ3n) is 5.21. The first-order valence-electron chi connectivity index (χ1n) is 9.70. The van der Waals surface area contributed by atoms with Crippen molar-refractivity contribution in [2.24, 2.45) is 0 Å². The number of piperazine rings is 1. The first-order valence-corrected chi connectivity index (χ1v) is 12.5. The molecule has 2 aliphatic heterocycles. The van der Waals surface area contributed by atoms with E-state index in [1.165, 1.54) is 21.8 Å². The summed E-state index contributed by atoms with van der Waals surface area (Å²) >= 11 is 0. The lowest BCUT2D eigenvalue weighted by Crippen LogP contribution is -2.57. The van der Waals surface area contributed by atoms with E-state index in [-0.39, 0.29) is 67.8 Å². The molecule has 0 aromatic heterocycles. The second-order valence-corrected chi connectivity index (χ2v) is 11.3. The third kappa shape index (κ3) is 4.83. The molecule has 2 aliphatic rings. The second-order valence-electron chi connectivity index (χ2n) is 7.48. The zero-order chi connectivity index (χ0) is 23.0. The average molecular weight is 479 g/mol. The Morgan fingerprint density at radius 1 is 1.00 bits per heavy atom. The molecule has 0 aliphatic carbocycles. The van der Waals surface area contributed by atoms with Crippen LogP contribution >= 0.6 is 0 Å². The highest BCUT2D eigenvalue weighted by Crippen LogP contribution is 2.31. The molecule has 14 heteroatoms. The minimum Gasteiger partial charge on any atom is -0.495 e. The Labute approximate surface area is 181 Å². The van der Waals surface area contributed by atoms with E-state index in [0.717, 1.165) is 16.4 Å². The summed E-state index contributed by atoms with van der Waals surface area (Å²) in [7, 11) is -6.61. The summed E-state index contributed by atoms with van der Waals surface area (Å²) in [5, 5.41) is 11.1. The maximum Gasteiger partial charge on any atom is 0.282 e. The van der Waals surface area contributed by atoms with Crippen molar-refractivity contribution >= 4 is 25.9 Å². The van der Waals surface area contributed by atoms with Gasteiger partial charge in [-0.05, 0) is 19.9 Å². The number of non-ortho nitro benzene ring substituents is 1. The summed E-state index contributed by atoms with van der Waals surface area (Å²) < 4.78 is 66.7. The number of nitrogens with zero attached hydrogens (tertiary/aromatic N) is 4. The summed E-state index contributed by atoms with van der Waals surface area (Å²) in [6, 6.07) is 3.34. The number of hydrogen-bond donors (Lipinski definition) is 0. The summed E-state index contributed by atoms with van der Waals surface area (Å²) in [5.41, 5.74) is -0.379. The van der Waals surface area contributed by atoms with E-state index in [9.17, 15) is 26.9 Å². The molecule has 12 nitrogen and oxygen atoms in total. The molecule has 2 fully saturated rings. The third-order valence-corrected chi connectivity index (χ3v) is 9.10. The molecular weight excluding hydrogens is 452 g/mol. The maximum absolute atomic E-state index is 13.1. The Kier molecular flexibility index (Phi) is 6.88. The first kappa shape index (κ1) is 23.8. The second kappa shape index (κ2) is 8.96. The molecule has 31 heavy (non-hydrogen) atoms. The molecular formula is C17H26N4O8S2. The SMILES string of the molecule is COc1ccc([N+](=O)[O-])cc1S(=O)(=O)N1CCN(S(=O)(=O)N2CC(C)OC(C)C2)CC1. The number of rotatable bonds is 6. The number of hydrogen-bond acceptors (Lipinski definition) is 8. The van der Waals surface area contributed by atoms with Crippen LogP contribution in [0.4, 0.5) is 5.69 Å². The molecule has 2 atom stereocenters. The van der Waals surface area contributed by atoms with Crippen LogP contribution in [-0.4, -0.2) is 93.3 Å². The van der Waals surface area contributed by atoms with Crippen molar-refractivity contribution in [3.05, 3.63) is 28.3 Å². The lowest BCUT2D eigenvalue weighted by molar-refractivity contribution is -0.385. The molecule has 0 radical (unpaired) electrons. The standard InChI is InChI=1S/C17H26N4O8S2/c1-13-11-20(12-14(2)29-13)31(26,27)19-8-6-18(7-9-19)30(24,25)17-10-15(21(22)23)4-5-16(17)28-3/h4-5,10,13-14H,6-9,11-12H2,1-3H3. The molecule has 1 aromatic carbocycles. The number of nitro benzene ring substituents is 1. The van der Waals surface area contributed by atoms with Crippen molar-refractivity contribution in [1.82, 2.24) is 12.9 Å². The topological polar surface area (TPSA) is 140 Å². The van der Waals surface area contributed by atoms with Crippen LogP contribution in [-0.2, 0) is 25.0 Å². The van der Waals surface area contributed by atoms with E-state index in [4.69, 9.17) is 9.47 Å². The van der Waals surface area contributed by atoms with E-state index in [0.29, 0.717) is 0 Å². The number of morpholine rings is 1. The summed E-state index contributed by atoms with van der Waals surface area (Å²) in [5.74, 6) is -0.0167. The largest absolute Gasteiger partial charge is 0.495 e. The predicted octanol–water partition coefficient (Wildman–Crippen LogP) is 0.264. The molecule has 0 N–H and O–H groups in total. The minimum atomic E-state index is -4.12. The van der Waals surface area contributed by atoms with Crippen molar-refractivity contribution in [1.29, 1.82) is 0 Å². The molecule has 2 unspecified atom stereocenters. The van der Waals surface area contributed by atoms with Crippen LogP contribution in [0, 0.1) is 10.1 Å². The Morgan fingerprint density at radius 2 is 1.55 bits per heavy atom. The van der Waals surface area contributed by atoms with Crippen LogP contribution in [0.3, 0.4) is 0 Å². The average Bonchev–Trinajstić information content (AvgIpc) is 2.72. The van der Waals surface area contributed by atoms with Crippen LogP contribution < -0.4 is 4.74 Å². The van der Waals surface area contributed by atoms with Gasteiger partial charge in [0.1, 0.15) is 10.6 Å².